The maximum atomic E-state index is 12.1. The first kappa shape index (κ1) is 12.9. The number of halogens is 3. The highest BCUT2D eigenvalue weighted by Gasteiger charge is 2.28. The van der Waals surface area contributed by atoms with Gasteiger partial charge in [0.25, 0.3) is 0 Å². The van der Waals surface area contributed by atoms with E-state index >= 15 is 0 Å². The smallest absolute Gasteiger partial charge is 0.171 e. The Morgan fingerprint density at radius 2 is 1.27 bits per heavy atom. The highest BCUT2D eigenvalue weighted by Crippen LogP contribution is 2.30. The van der Waals surface area contributed by atoms with Gasteiger partial charge >= 0.3 is 6.18 Å². The van der Waals surface area contributed by atoms with Crippen LogP contribution < -0.4 is 0 Å². The number of alkyl halides is 3. The summed E-state index contributed by atoms with van der Waals surface area (Å²) >= 11 is 0. The fourth-order valence-electron chi connectivity index (χ4n) is 2.37. The summed E-state index contributed by atoms with van der Waals surface area (Å²) in [6, 6.07) is 0. The van der Waals surface area contributed by atoms with Gasteiger partial charge in [-0.1, -0.05) is 51.4 Å². The lowest BCUT2D eigenvalue weighted by atomic mass is 9.92. The Morgan fingerprint density at radius 3 is 1.73 bits per heavy atom. The first-order valence-electron chi connectivity index (χ1n) is 6.15. The van der Waals surface area contributed by atoms with Crippen molar-refractivity contribution in [1.29, 1.82) is 0 Å². The second-order valence-corrected chi connectivity index (χ2v) is 4.72. The fourth-order valence-corrected chi connectivity index (χ4v) is 2.37. The predicted octanol–water partition coefficient (Wildman–Crippen LogP) is 5.08. The zero-order valence-electron chi connectivity index (χ0n) is 9.28. The first-order valence-corrected chi connectivity index (χ1v) is 6.15. The maximum absolute atomic E-state index is 12.1. The molecule has 0 nitrogen and oxygen atoms in total. The summed E-state index contributed by atoms with van der Waals surface area (Å²) in [5.74, 6) is 0.324. The molecule has 0 aromatic carbocycles. The second-order valence-electron chi connectivity index (χ2n) is 4.72. The van der Waals surface area contributed by atoms with Crippen LogP contribution in [0, 0.1) is 5.92 Å². The van der Waals surface area contributed by atoms with E-state index in [0.29, 0.717) is 12.3 Å². The van der Waals surface area contributed by atoms with E-state index in [0.717, 1.165) is 25.7 Å². The molecule has 90 valence electrons. The molecule has 0 saturated heterocycles. The van der Waals surface area contributed by atoms with Crippen LogP contribution in [0.3, 0.4) is 0 Å². The highest BCUT2D eigenvalue weighted by molar-refractivity contribution is 4.65. The molecule has 0 N–H and O–H groups in total. The van der Waals surface area contributed by atoms with Gasteiger partial charge in [0.1, 0.15) is 0 Å². The maximum Gasteiger partial charge on any atom is 0.389 e. The molecular weight excluding hydrogens is 201 g/mol. The lowest BCUT2D eigenvalue weighted by molar-refractivity contribution is -0.137. The molecule has 1 aliphatic carbocycles. The fraction of sp³-hybridized carbons (Fsp3) is 1.00. The van der Waals surface area contributed by atoms with E-state index in [4.69, 9.17) is 0 Å². The molecule has 0 atom stereocenters. The monoisotopic (exact) mass is 222 g/mol. The van der Waals surface area contributed by atoms with Crippen molar-refractivity contribution < 1.29 is 13.2 Å². The van der Waals surface area contributed by atoms with Crippen molar-refractivity contribution in [3.63, 3.8) is 0 Å². The van der Waals surface area contributed by atoms with Gasteiger partial charge in [-0.2, -0.15) is 13.2 Å². The third-order valence-electron chi connectivity index (χ3n) is 3.31. The average Bonchev–Trinajstić information content (AvgIpc) is 2.26. The van der Waals surface area contributed by atoms with Crippen LogP contribution in [0.4, 0.5) is 13.2 Å². The zero-order chi connectivity index (χ0) is 11.1. The highest BCUT2D eigenvalue weighted by atomic mass is 19.4. The molecule has 1 fully saturated rings. The van der Waals surface area contributed by atoms with Crippen molar-refractivity contribution in [1.82, 2.24) is 0 Å². The van der Waals surface area contributed by atoms with Crippen molar-refractivity contribution >= 4 is 0 Å². The Hall–Kier alpha value is -0.210. The zero-order valence-corrected chi connectivity index (χ0v) is 9.28. The molecule has 0 spiro atoms. The van der Waals surface area contributed by atoms with Crippen molar-refractivity contribution in [3.05, 3.63) is 0 Å². The Balaban J connectivity index is 2.24. The van der Waals surface area contributed by atoms with Gasteiger partial charge in [-0.3, -0.25) is 0 Å². The average molecular weight is 222 g/mol. The molecule has 0 aliphatic heterocycles. The minimum Gasteiger partial charge on any atom is -0.171 e. The normalized spacial score (nSPS) is 21.8. The van der Waals surface area contributed by atoms with Crippen LogP contribution in [0.25, 0.3) is 0 Å². The largest absolute Gasteiger partial charge is 0.389 e. The summed E-state index contributed by atoms with van der Waals surface area (Å²) in [7, 11) is 0. The number of hydrogen-bond acceptors (Lipinski definition) is 0. The van der Waals surface area contributed by atoms with Crippen LogP contribution in [0.5, 0.6) is 0 Å². The molecule has 0 bridgehead atoms. The van der Waals surface area contributed by atoms with E-state index < -0.39 is 12.6 Å². The Labute approximate surface area is 90.2 Å². The van der Waals surface area contributed by atoms with Gasteiger partial charge < -0.3 is 0 Å². The van der Waals surface area contributed by atoms with Crippen molar-refractivity contribution in [3.8, 4) is 0 Å². The van der Waals surface area contributed by atoms with E-state index in [1.807, 2.05) is 0 Å². The predicted molar refractivity (Wildman–Crippen MR) is 55.7 cm³/mol. The van der Waals surface area contributed by atoms with E-state index in [1.165, 1.54) is 25.7 Å². The molecule has 1 rings (SSSR count). The Bertz CT molecular complexity index is 153. The van der Waals surface area contributed by atoms with Gasteiger partial charge in [0.15, 0.2) is 0 Å². The Kier molecular flexibility index (Phi) is 5.48. The standard InChI is InChI=1S/C12H21F3/c13-12(14,15)10-9-11-7-5-3-1-2-4-6-8-11/h11H,1-10H2. The molecule has 0 unspecified atom stereocenters. The molecule has 15 heavy (non-hydrogen) atoms. The molecule has 3 heteroatoms. The minimum atomic E-state index is -3.96. The van der Waals surface area contributed by atoms with Crippen LogP contribution in [0.15, 0.2) is 0 Å². The van der Waals surface area contributed by atoms with Crippen LogP contribution in [0.1, 0.15) is 64.2 Å². The van der Waals surface area contributed by atoms with Crippen LogP contribution in [-0.2, 0) is 0 Å². The molecule has 0 aromatic rings. The van der Waals surface area contributed by atoms with Gasteiger partial charge in [0.05, 0.1) is 0 Å². The molecule has 0 aromatic heterocycles. The Morgan fingerprint density at radius 1 is 0.800 bits per heavy atom. The number of hydrogen-bond donors (Lipinski definition) is 0. The van der Waals surface area contributed by atoms with Crippen LogP contribution in [-0.4, -0.2) is 6.18 Å². The lowest BCUT2D eigenvalue weighted by Gasteiger charge is -2.16. The van der Waals surface area contributed by atoms with Gasteiger partial charge in [-0.05, 0) is 12.3 Å². The summed E-state index contributed by atoms with van der Waals surface area (Å²) in [5.41, 5.74) is 0. The number of rotatable bonds is 2. The van der Waals surface area contributed by atoms with Crippen LogP contribution >= 0.6 is 0 Å². The summed E-state index contributed by atoms with van der Waals surface area (Å²) in [4.78, 5) is 0. The molecule has 0 heterocycles. The molecule has 1 saturated carbocycles. The topological polar surface area (TPSA) is 0 Å². The van der Waals surface area contributed by atoms with E-state index in [1.54, 1.807) is 0 Å². The SMILES string of the molecule is FC(F)(F)CCC1CCCCCCCC1. The van der Waals surface area contributed by atoms with Crippen LogP contribution in [0.2, 0.25) is 0 Å². The van der Waals surface area contributed by atoms with Crippen molar-refractivity contribution in [2.75, 3.05) is 0 Å². The quantitative estimate of drug-likeness (QED) is 0.611. The summed E-state index contributed by atoms with van der Waals surface area (Å²) in [5, 5.41) is 0. The third kappa shape index (κ3) is 6.80. The minimum absolute atomic E-state index is 0.324. The molecule has 0 radical (unpaired) electrons. The van der Waals surface area contributed by atoms with Gasteiger partial charge in [0, 0.05) is 6.42 Å². The van der Waals surface area contributed by atoms with E-state index in [2.05, 4.69) is 0 Å². The molecule has 0 amide bonds. The lowest BCUT2D eigenvalue weighted by Crippen LogP contribution is -2.11. The summed E-state index contributed by atoms with van der Waals surface area (Å²) in [6.45, 7) is 0. The van der Waals surface area contributed by atoms with Gasteiger partial charge in [-0.15, -0.1) is 0 Å². The summed E-state index contributed by atoms with van der Waals surface area (Å²) < 4.78 is 36.2. The third-order valence-corrected chi connectivity index (χ3v) is 3.31. The van der Waals surface area contributed by atoms with E-state index in [-0.39, 0.29) is 0 Å². The van der Waals surface area contributed by atoms with Gasteiger partial charge in [0.2, 0.25) is 0 Å². The first-order chi connectivity index (χ1) is 7.08. The molecule has 1 aliphatic rings. The van der Waals surface area contributed by atoms with E-state index in [9.17, 15) is 13.2 Å². The molecular formula is C12H21F3. The second kappa shape index (κ2) is 6.39. The van der Waals surface area contributed by atoms with Crippen molar-refractivity contribution in [2.45, 2.75) is 70.4 Å². The van der Waals surface area contributed by atoms with Gasteiger partial charge in [-0.25, -0.2) is 0 Å². The van der Waals surface area contributed by atoms with Crippen molar-refractivity contribution in [2.24, 2.45) is 5.92 Å². The summed E-state index contributed by atoms with van der Waals surface area (Å²) in [6.07, 6.45) is 5.04.